The molecule has 0 radical (unpaired) electrons. The summed E-state index contributed by atoms with van der Waals surface area (Å²) in [4.78, 5) is 14.5. The van der Waals surface area contributed by atoms with Crippen molar-refractivity contribution in [2.75, 3.05) is 24.7 Å². The van der Waals surface area contributed by atoms with Gasteiger partial charge in [-0.1, -0.05) is 25.1 Å². The Hall–Kier alpha value is -1.56. The number of amides is 1. The number of benzene rings is 1. The third-order valence-corrected chi connectivity index (χ3v) is 6.19. The van der Waals surface area contributed by atoms with Crippen molar-refractivity contribution in [3.05, 3.63) is 29.8 Å². The summed E-state index contributed by atoms with van der Waals surface area (Å²) in [6, 6.07) is 7.40. The Morgan fingerprint density at radius 2 is 2.04 bits per heavy atom. The summed E-state index contributed by atoms with van der Waals surface area (Å²) in [5.74, 6) is 0.662. The molecule has 2 rings (SSSR count). The minimum atomic E-state index is -3.11. The largest absolute Gasteiger partial charge is 0.492 e. The lowest BCUT2D eigenvalue weighted by Crippen LogP contribution is -2.47. The molecule has 128 valence electrons. The minimum Gasteiger partial charge on any atom is -0.492 e. The first-order valence-corrected chi connectivity index (χ1v) is 9.91. The van der Waals surface area contributed by atoms with Crippen molar-refractivity contribution < 1.29 is 17.9 Å². The molecule has 1 aliphatic rings. The second-order valence-corrected chi connectivity index (χ2v) is 8.39. The van der Waals surface area contributed by atoms with Crippen molar-refractivity contribution in [3.63, 3.8) is 0 Å². The van der Waals surface area contributed by atoms with Crippen molar-refractivity contribution in [2.45, 2.75) is 33.2 Å². The monoisotopic (exact) mass is 339 g/mol. The highest BCUT2D eigenvalue weighted by atomic mass is 32.2. The van der Waals surface area contributed by atoms with Crippen LogP contribution in [0.25, 0.3) is 0 Å². The molecular weight excluding hydrogens is 314 g/mol. The lowest BCUT2D eigenvalue weighted by atomic mass is 9.95. The second-order valence-electron chi connectivity index (χ2n) is 5.99. The average molecular weight is 339 g/mol. The lowest BCUT2D eigenvalue weighted by molar-refractivity contribution is -0.138. The summed E-state index contributed by atoms with van der Waals surface area (Å²) < 4.78 is 29.3. The van der Waals surface area contributed by atoms with E-state index in [0.29, 0.717) is 19.6 Å². The van der Waals surface area contributed by atoms with E-state index in [0.717, 1.165) is 11.3 Å². The Labute approximate surface area is 138 Å². The predicted octanol–water partition coefficient (Wildman–Crippen LogP) is 1.91. The fourth-order valence-corrected chi connectivity index (χ4v) is 4.13. The van der Waals surface area contributed by atoms with Gasteiger partial charge in [-0.3, -0.25) is 4.79 Å². The molecule has 0 bridgehead atoms. The van der Waals surface area contributed by atoms with E-state index in [9.17, 15) is 13.2 Å². The quantitative estimate of drug-likeness (QED) is 0.794. The smallest absolute Gasteiger partial charge is 0.229 e. The van der Waals surface area contributed by atoms with Crippen LogP contribution in [0.3, 0.4) is 0 Å². The van der Waals surface area contributed by atoms with Crippen LogP contribution in [-0.2, 0) is 21.1 Å². The highest BCUT2D eigenvalue weighted by Crippen LogP contribution is 2.28. The highest BCUT2D eigenvalue weighted by Gasteiger charge is 2.32. The standard InChI is InChI=1S/C17H25NO4S/c1-4-18(13(3)12-23(20,21)5-2)17(19)15-10-14-8-6-7-9-16(14)22-11-15/h6-9,13,15H,4-5,10-12H2,1-3H3/t13-,15+/m0/s1. The van der Waals surface area contributed by atoms with Gasteiger partial charge in [-0.05, 0) is 31.9 Å². The number of fused-ring (bicyclic) bond motifs is 1. The molecule has 0 saturated carbocycles. The molecule has 0 N–H and O–H groups in total. The highest BCUT2D eigenvalue weighted by molar-refractivity contribution is 7.91. The normalized spacial score (nSPS) is 18.7. The fraction of sp³-hybridized carbons (Fsp3) is 0.588. The summed E-state index contributed by atoms with van der Waals surface area (Å²) in [6.07, 6.45) is 0.638. The number of hydrogen-bond acceptors (Lipinski definition) is 4. The summed E-state index contributed by atoms with van der Waals surface area (Å²) in [7, 11) is -3.11. The van der Waals surface area contributed by atoms with Gasteiger partial charge in [-0.15, -0.1) is 0 Å². The van der Waals surface area contributed by atoms with Crippen LogP contribution in [0.2, 0.25) is 0 Å². The summed E-state index contributed by atoms with van der Waals surface area (Å²) in [5.41, 5.74) is 1.03. The molecule has 23 heavy (non-hydrogen) atoms. The van der Waals surface area contributed by atoms with Crippen LogP contribution >= 0.6 is 0 Å². The Bertz CT molecular complexity index is 656. The first-order chi connectivity index (χ1) is 10.9. The molecule has 1 heterocycles. The van der Waals surface area contributed by atoms with E-state index in [4.69, 9.17) is 4.74 Å². The van der Waals surface area contributed by atoms with Crippen molar-refractivity contribution in [3.8, 4) is 5.75 Å². The van der Waals surface area contributed by atoms with Crippen molar-refractivity contribution >= 4 is 15.7 Å². The Morgan fingerprint density at radius 3 is 2.70 bits per heavy atom. The average Bonchev–Trinajstić information content (AvgIpc) is 2.54. The van der Waals surface area contributed by atoms with Gasteiger partial charge in [-0.25, -0.2) is 8.42 Å². The van der Waals surface area contributed by atoms with Crippen molar-refractivity contribution in [1.82, 2.24) is 4.90 Å². The number of ether oxygens (including phenoxy) is 1. The molecule has 1 aromatic rings. The van der Waals surface area contributed by atoms with Crippen molar-refractivity contribution in [1.29, 1.82) is 0 Å². The molecule has 0 unspecified atom stereocenters. The summed E-state index contributed by atoms with van der Waals surface area (Å²) >= 11 is 0. The van der Waals surface area contributed by atoms with E-state index < -0.39 is 9.84 Å². The maximum Gasteiger partial charge on any atom is 0.229 e. The van der Waals surface area contributed by atoms with Gasteiger partial charge < -0.3 is 9.64 Å². The van der Waals surface area contributed by atoms with Crippen LogP contribution in [0.4, 0.5) is 0 Å². The van der Waals surface area contributed by atoms with Crippen LogP contribution in [0, 0.1) is 5.92 Å². The topological polar surface area (TPSA) is 63.7 Å². The first kappa shape index (κ1) is 17.8. The fourth-order valence-electron chi connectivity index (χ4n) is 2.98. The molecule has 1 aliphatic heterocycles. The van der Waals surface area contributed by atoms with Gasteiger partial charge in [0.25, 0.3) is 0 Å². The van der Waals surface area contributed by atoms with Crippen molar-refractivity contribution in [2.24, 2.45) is 5.92 Å². The van der Waals surface area contributed by atoms with Gasteiger partial charge in [0.1, 0.15) is 12.4 Å². The number of hydrogen-bond donors (Lipinski definition) is 0. The number of carbonyl (C=O) groups is 1. The number of para-hydroxylation sites is 1. The van der Waals surface area contributed by atoms with Crippen LogP contribution < -0.4 is 4.74 Å². The summed E-state index contributed by atoms with van der Waals surface area (Å²) in [5, 5.41) is 0. The van der Waals surface area contributed by atoms with Crippen LogP contribution in [0.15, 0.2) is 24.3 Å². The lowest BCUT2D eigenvalue weighted by Gasteiger charge is -2.33. The van der Waals surface area contributed by atoms with Gasteiger partial charge in [-0.2, -0.15) is 0 Å². The molecule has 0 aliphatic carbocycles. The van der Waals surface area contributed by atoms with Crippen LogP contribution in [0.5, 0.6) is 5.75 Å². The van der Waals surface area contributed by atoms with E-state index in [1.54, 1.807) is 18.7 Å². The zero-order chi connectivity index (χ0) is 17.0. The van der Waals surface area contributed by atoms with Gasteiger partial charge in [0.05, 0.1) is 11.7 Å². The Morgan fingerprint density at radius 1 is 1.35 bits per heavy atom. The first-order valence-electron chi connectivity index (χ1n) is 8.09. The van der Waals surface area contributed by atoms with E-state index >= 15 is 0 Å². The minimum absolute atomic E-state index is 0.00719. The maximum absolute atomic E-state index is 12.8. The maximum atomic E-state index is 12.8. The molecule has 5 nitrogen and oxygen atoms in total. The van der Waals surface area contributed by atoms with E-state index in [1.807, 2.05) is 31.2 Å². The van der Waals surface area contributed by atoms with Gasteiger partial charge >= 0.3 is 0 Å². The van der Waals surface area contributed by atoms with Gasteiger partial charge in [0.15, 0.2) is 9.84 Å². The molecule has 2 atom stereocenters. The van der Waals surface area contributed by atoms with Gasteiger partial charge in [0.2, 0.25) is 5.91 Å². The molecule has 0 spiro atoms. The van der Waals surface area contributed by atoms with Gasteiger partial charge in [0, 0.05) is 18.3 Å². The molecule has 0 fully saturated rings. The zero-order valence-electron chi connectivity index (χ0n) is 14.0. The van der Waals surface area contributed by atoms with Crippen LogP contribution in [-0.4, -0.2) is 49.9 Å². The second kappa shape index (κ2) is 7.34. The molecule has 1 aromatic carbocycles. The third kappa shape index (κ3) is 4.25. The number of sulfone groups is 1. The predicted molar refractivity (Wildman–Crippen MR) is 90.3 cm³/mol. The molecule has 1 amide bonds. The number of nitrogens with zero attached hydrogens (tertiary/aromatic N) is 1. The number of carbonyl (C=O) groups excluding carboxylic acids is 1. The SMILES string of the molecule is CCN(C(=O)[C@H]1COc2ccccc2C1)[C@@H](C)CS(=O)(=O)CC. The van der Waals surface area contributed by atoms with E-state index in [-0.39, 0.29) is 29.4 Å². The number of rotatable bonds is 6. The molecular formula is C17H25NO4S. The van der Waals surface area contributed by atoms with E-state index in [2.05, 4.69) is 0 Å². The zero-order valence-corrected chi connectivity index (χ0v) is 14.8. The Kier molecular flexibility index (Phi) is 5.68. The molecule has 0 aromatic heterocycles. The van der Waals surface area contributed by atoms with Crippen LogP contribution in [0.1, 0.15) is 26.3 Å². The Balaban J connectivity index is 2.09. The molecule has 0 saturated heterocycles. The van der Waals surface area contributed by atoms with E-state index in [1.165, 1.54) is 0 Å². The summed E-state index contributed by atoms with van der Waals surface area (Å²) in [6.45, 7) is 6.15. The molecule has 6 heteroatoms. The third-order valence-electron chi connectivity index (χ3n) is 4.32.